The van der Waals surface area contributed by atoms with Crippen molar-refractivity contribution in [2.45, 2.75) is 13.5 Å². The van der Waals surface area contributed by atoms with Gasteiger partial charge < -0.3 is 10.2 Å². The van der Waals surface area contributed by atoms with Gasteiger partial charge in [0.15, 0.2) is 0 Å². The van der Waals surface area contributed by atoms with E-state index in [1.807, 2.05) is 57.4 Å². The molecule has 0 aromatic heterocycles. The van der Waals surface area contributed by atoms with Gasteiger partial charge in [-0.25, -0.2) is 4.90 Å². The first-order valence-electron chi connectivity index (χ1n) is 9.44. The normalized spacial score (nSPS) is 13.5. The first-order chi connectivity index (χ1) is 13.5. The van der Waals surface area contributed by atoms with E-state index in [9.17, 15) is 9.59 Å². The number of carbonyl (C=O) groups is 2. The van der Waals surface area contributed by atoms with Gasteiger partial charge in [0.2, 0.25) is 0 Å². The molecule has 5 nitrogen and oxygen atoms in total. The molecule has 0 fully saturated rings. The number of anilines is 2. The zero-order chi connectivity index (χ0) is 19.8. The molecule has 0 atom stereocenters. The molecule has 142 valence electrons. The summed E-state index contributed by atoms with van der Waals surface area (Å²) < 4.78 is 0. The number of imide groups is 1. The minimum absolute atomic E-state index is 0.275. The number of rotatable bonds is 5. The van der Waals surface area contributed by atoms with Gasteiger partial charge >= 0.3 is 0 Å². The molecule has 1 aliphatic rings. The first kappa shape index (κ1) is 18.2. The van der Waals surface area contributed by atoms with E-state index in [2.05, 4.69) is 10.2 Å². The molecule has 1 aliphatic heterocycles. The molecule has 0 aliphatic carbocycles. The van der Waals surface area contributed by atoms with Crippen LogP contribution in [0.5, 0.6) is 0 Å². The molecule has 0 bridgehead atoms. The summed E-state index contributed by atoms with van der Waals surface area (Å²) in [5, 5.41) is 5.10. The van der Waals surface area contributed by atoms with Gasteiger partial charge in [-0.1, -0.05) is 30.3 Å². The number of hydrogen-bond acceptors (Lipinski definition) is 4. The van der Waals surface area contributed by atoms with Crippen LogP contribution in [-0.2, 0) is 6.54 Å². The predicted molar refractivity (Wildman–Crippen MR) is 113 cm³/mol. The number of nitrogens with zero attached hydrogens (tertiary/aromatic N) is 2. The summed E-state index contributed by atoms with van der Waals surface area (Å²) in [7, 11) is 4.01. The summed E-state index contributed by atoms with van der Waals surface area (Å²) in [5.41, 5.74) is 3.76. The molecular weight excluding hydrogens is 350 g/mol. The molecule has 4 rings (SSSR count). The number of nitrogens with one attached hydrogen (secondary N) is 1. The van der Waals surface area contributed by atoms with Crippen LogP contribution >= 0.6 is 0 Å². The fourth-order valence-electron chi connectivity index (χ4n) is 3.88. The highest BCUT2D eigenvalue weighted by Crippen LogP contribution is 2.38. The van der Waals surface area contributed by atoms with Crippen molar-refractivity contribution in [1.29, 1.82) is 0 Å². The molecule has 3 aromatic rings. The second kappa shape index (κ2) is 7.09. The van der Waals surface area contributed by atoms with E-state index in [-0.39, 0.29) is 11.8 Å². The van der Waals surface area contributed by atoms with E-state index in [1.165, 1.54) is 4.90 Å². The van der Waals surface area contributed by atoms with Crippen LogP contribution in [0.4, 0.5) is 11.4 Å². The minimum atomic E-state index is -0.280. The number of para-hydroxylation sites is 1. The SMILES string of the molecule is CCNc1c(CN(C)C)cc2c3c(cccc13)C(=O)N(c1ccccc1)C2=O. The number of hydrogen-bond donors (Lipinski definition) is 1. The van der Waals surface area contributed by atoms with Crippen LogP contribution in [0.3, 0.4) is 0 Å². The monoisotopic (exact) mass is 373 g/mol. The fourth-order valence-corrected chi connectivity index (χ4v) is 3.88. The van der Waals surface area contributed by atoms with Gasteiger partial charge in [0, 0.05) is 40.7 Å². The third-order valence-electron chi connectivity index (χ3n) is 4.96. The first-order valence-corrected chi connectivity index (χ1v) is 9.44. The van der Waals surface area contributed by atoms with Crippen molar-refractivity contribution < 1.29 is 9.59 Å². The zero-order valence-corrected chi connectivity index (χ0v) is 16.3. The van der Waals surface area contributed by atoms with Gasteiger partial charge in [-0.15, -0.1) is 0 Å². The molecule has 1 N–H and O–H groups in total. The van der Waals surface area contributed by atoms with E-state index in [0.717, 1.165) is 28.6 Å². The van der Waals surface area contributed by atoms with Crippen molar-refractivity contribution >= 4 is 34.0 Å². The maximum Gasteiger partial charge on any atom is 0.265 e. The number of benzene rings is 3. The van der Waals surface area contributed by atoms with Gasteiger partial charge in [0.25, 0.3) is 11.8 Å². The lowest BCUT2D eigenvalue weighted by atomic mass is 9.90. The Morgan fingerprint density at radius 3 is 2.32 bits per heavy atom. The van der Waals surface area contributed by atoms with Gasteiger partial charge in [0.1, 0.15) is 0 Å². The van der Waals surface area contributed by atoms with Crippen LogP contribution < -0.4 is 10.2 Å². The van der Waals surface area contributed by atoms with Crippen molar-refractivity contribution in [3.05, 3.63) is 71.3 Å². The van der Waals surface area contributed by atoms with E-state index in [1.54, 1.807) is 18.2 Å². The Labute approximate surface area is 164 Å². The minimum Gasteiger partial charge on any atom is -0.385 e. The molecule has 0 saturated heterocycles. The Morgan fingerprint density at radius 2 is 1.64 bits per heavy atom. The maximum absolute atomic E-state index is 13.4. The number of amides is 2. The van der Waals surface area contributed by atoms with Gasteiger partial charge in [0.05, 0.1) is 5.69 Å². The van der Waals surface area contributed by atoms with Crippen molar-refractivity contribution in [3.63, 3.8) is 0 Å². The van der Waals surface area contributed by atoms with E-state index < -0.39 is 0 Å². The smallest absolute Gasteiger partial charge is 0.265 e. The maximum atomic E-state index is 13.4. The van der Waals surface area contributed by atoms with Crippen LogP contribution in [0.2, 0.25) is 0 Å². The van der Waals surface area contributed by atoms with E-state index in [0.29, 0.717) is 23.4 Å². The van der Waals surface area contributed by atoms with Crippen molar-refractivity contribution in [2.75, 3.05) is 30.9 Å². The summed E-state index contributed by atoms with van der Waals surface area (Å²) in [4.78, 5) is 30.0. The standard InChI is InChI=1S/C23H23N3O2/c1-4-24-21-15(14-25(2)3)13-19-20-17(21)11-8-12-18(20)22(27)26(23(19)28)16-9-6-5-7-10-16/h5-13,24H,4,14H2,1-3H3. The Balaban J connectivity index is 2.00. The lowest BCUT2D eigenvalue weighted by Gasteiger charge is -2.29. The summed E-state index contributed by atoms with van der Waals surface area (Å²) in [5.74, 6) is -0.555. The van der Waals surface area contributed by atoms with Crippen molar-refractivity contribution in [2.24, 2.45) is 0 Å². The van der Waals surface area contributed by atoms with Gasteiger partial charge in [-0.05, 0) is 50.8 Å². The molecule has 3 aromatic carbocycles. The van der Waals surface area contributed by atoms with Gasteiger partial charge in [-0.2, -0.15) is 0 Å². The van der Waals surface area contributed by atoms with Crippen LogP contribution in [0.15, 0.2) is 54.6 Å². The highest BCUT2D eigenvalue weighted by Gasteiger charge is 2.35. The summed E-state index contributed by atoms with van der Waals surface area (Å²) in [6.45, 7) is 3.50. The third kappa shape index (κ3) is 2.84. The van der Waals surface area contributed by atoms with E-state index >= 15 is 0 Å². The van der Waals surface area contributed by atoms with Crippen molar-refractivity contribution in [1.82, 2.24) is 4.90 Å². The Morgan fingerprint density at radius 1 is 0.929 bits per heavy atom. The Hall–Kier alpha value is -3.18. The summed E-state index contributed by atoms with van der Waals surface area (Å²) >= 11 is 0. The van der Waals surface area contributed by atoms with Gasteiger partial charge in [-0.3, -0.25) is 9.59 Å². The second-order valence-electron chi connectivity index (χ2n) is 7.24. The molecule has 0 spiro atoms. The average Bonchev–Trinajstić information content (AvgIpc) is 2.68. The molecule has 1 heterocycles. The Kier molecular flexibility index (Phi) is 4.61. The van der Waals surface area contributed by atoms with Crippen LogP contribution in [0.1, 0.15) is 33.2 Å². The highest BCUT2D eigenvalue weighted by molar-refractivity contribution is 6.36. The predicted octanol–water partition coefficient (Wildman–Crippen LogP) is 4.13. The quantitative estimate of drug-likeness (QED) is 0.683. The second-order valence-corrected chi connectivity index (χ2v) is 7.24. The van der Waals surface area contributed by atoms with Crippen LogP contribution in [0.25, 0.3) is 10.8 Å². The molecule has 5 heteroatoms. The molecule has 2 amide bonds. The van der Waals surface area contributed by atoms with Crippen LogP contribution in [-0.4, -0.2) is 37.4 Å². The molecule has 28 heavy (non-hydrogen) atoms. The lowest BCUT2D eigenvalue weighted by Crippen LogP contribution is -2.40. The van der Waals surface area contributed by atoms with E-state index in [4.69, 9.17) is 0 Å². The highest BCUT2D eigenvalue weighted by atomic mass is 16.2. The third-order valence-corrected chi connectivity index (χ3v) is 4.96. The fraction of sp³-hybridized carbons (Fsp3) is 0.217. The molecule has 0 unspecified atom stereocenters. The summed E-state index contributed by atoms with van der Waals surface area (Å²) in [6, 6.07) is 16.7. The van der Waals surface area contributed by atoms with Crippen LogP contribution in [0, 0.1) is 0 Å². The summed E-state index contributed by atoms with van der Waals surface area (Å²) in [6.07, 6.45) is 0. The van der Waals surface area contributed by atoms with Crippen molar-refractivity contribution in [3.8, 4) is 0 Å². The average molecular weight is 373 g/mol. The lowest BCUT2D eigenvalue weighted by molar-refractivity contribution is 0.0893. The Bertz CT molecular complexity index is 1070. The molecular formula is C23H23N3O2. The number of carbonyl (C=O) groups excluding carboxylic acids is 2. The zero-order valence-electron chi connectivity index (χ0n) is 16.3. The largest absolute Gasteiger partial charge is 0.385 e. The molecule has 0 radical (unpaired) electrons. The topological polar surface area (TPSA) is 52.7 Å². The molecule has 0 saturated carbocycles.